The molecule has 1 atom stereocenters. The lowest BCUT2D eigenvalue weighted by molar-refractivity contribution is -0.118. The number of aryl methyl sites for hydroxylation is 1. The minimum atomic E-state index is -0.341. The number of anilines is 1. The number of rotatable bonds is 3. The molecule has 0 aliphatic carbocycles. The average molecular weight is 335 g/mol. The van der Waals surface area contributed by atoms with Crippen molar-refractivity contribution in [2.75, 3.05) is 4.90 Å². The number of hydrogen-bond acceptors (Lipinski definition) is 2. The van der Waals surface area contributed by atoms with Crippen molar-refractivity contribution >= 4 is 39.8 Å². The molecule has 1 aromatic heterocycles. The number of carbonyl (C=O) groups is 1. The van der Waals surface area contributed by atoms with Gasteiger partial charge in [-0.3, -0.25) is 9.69 Å². The highest BCUT2D eigenvalue weighted by atomic mass is 32.1. The van der Waals surface area contributed by atoms with Crippen LogP contribution in [0.1, 0.15) is 11.3 Å². The van der Waals surface area contributed by atoms with Gasteiger partial charge in [0.1, 0.15) is 6.04 Å². The van der Waals surface area contributed by atoms with Crippen molar-refractivity contribution in [1.29, 1.82) is 0 Å². The Balaban J connectivity index is 1.57. The molecule has 2 N–H and O–H groups in total. The molecule has 2 heterocycles. The maximum atomic E-state index is 12.8. The van der Waals surface area contributed by atoms with E-state index in [1.54, 1.807) is 4.90 Å². The summed E-state index contributed by atoms with van der Waals surface area (Å²) in [6.45, 7) is 2.02. The third kappa shape index (κ3) is 2.57. The van der Waals surface area contributed by atoms with E-state index in [0.717, 1.165) is 27.8 Å². The van der Waals surface area contributed by atoms with Crippen LogP contribution in [0.25, 0.3) is 10.9 Å². The first-order valence-corrected chi connectivity index (χ1v) is 8.30. The van der Waals surface area contributed by atoms with Gasteiger partial charge in [-0.25, -0.2) is 0 Å². The zero-order valence-corrected chi connectivity index (χ0v) is 14.1. The van der Waals surface area contributed by atoms with Crippen molar-refractivity contribution < 1.29 is 4.79 Å². The van der Waals surface area contributed by atoms with Gasteiger partial charge in [-0.1, -0.05) is 35.9 Å². The monoisotopic (exact) mass is 335 g/mol. The normalized spacial score (nSPS) is 17.5. The van der Waals surface area contributed by atoms with Crippen LogP contribution in [0.15, 0.2) is 54.6 Å². The van der Waals surface area contributed by atoms with E-state index in [2.05, 4.69) is 22.4 Å². The van der Waals surface area contributed by atoms with E-state index < -0.39 is 0 Å². The second kappa shape index (κ2) is 5.76. The van der Waals surface area contributed by atoms with E-state index in [0.29, 0.717) is 11.5 Å². The van der Waals surface area contributed by atoms with E-state index in [4.69, 9.17) is 12.2 Å². The van der Waals surface area contributed by atoms with Gasteiger partial charge >= 0.3 is 0 Å². The lowest BCUT2D eigenvalue weighted by Gasteiger charge is -2.15. The Morgan fingerprint density at radius 1 is 1.12 bits per heavy atom. The van der Waals surface area contributed by atoms with Gasteiger partial charge in [-0.15, -0.1) is 0 Å². The molecule has 2 aromatic carbocycles. The Morgan fingerprint density at radius 3 is 2.62 bits per heavy atom. The van der Waals surface area contributed by atoms with Crippen LogP contribution in [-0.2, 0) is 11.2 Å². The number of carbonyl (C=O) groups excluding carboxylic acids is 1. The number of thiocarbonyl (C=S) groups is 1. The summed E-state index contributed by atoms with van der Waals surface area (Å²) < 4.78 is 0. The van der Waals surface area contributed by atoms with Crippen molar-refractivity contribution in [2.45, 2.75) is 19.4 Å². The first-order valence-electron chi connectivity index (χ1n) is 7.89. The summed E-state index contributed by atoms with van der Waals surface area (Å²) in [6, 6.07) is 17.7. The van der Waals surface area contributed by atoms with Crippen molar-refractivity contribution in [3.63, 3.8) is 0 Å². The summed E-state index contributed by atoms with van der Waals surface area (Å²) in [7, 11) is 0. The van der Waals surface area contributed by atoms with E-state index in [1.165, 1.54) is 0 Å². The fraction of sp³-hybridized carbons (Fsp3) is 0.158. The Kier molecular flexibility index (Phi) is 3.58. The third-order valence-corrected chi connectivity index (χ3v) is 4.62. The quantitative estimate of drug-likeness (QED) is 0.722. The number of hydrogen-bond donors (Lipinski definition) is 2. The number of benzene rings is 2. The number of para-hydroxylation sites is 1. The molecular formula is C19H17N3OS. The summed E-state index contributed by atoms with van der Waals surface area (Å²) in [4.78, 5) is 17.7. The SMILES string of the molecule is Cc1ccc(N2C(=O)C(Cc3cc4ccccc4[nH]3)NC2=S)cc1. The maximum absolute atomic E-state index is 12.8. The molecule has 120 valence electrons. The van der Waals surface area contributed by atoms with Crippen LogP contribution in [-0.4, -0.2) is 22.0 Å². The van der Waals surface area contributed by atoms with Gasteiger partial charge in [0.15, 0.2) is 5.11 Å². The smallest absolute Gasteiger partial charge is 0.256 e. The molecule has 1 saturated heterocycles. The number of nitrogens with zero attached hydrogens (tertiary/aromatic N) is 1. The lowest BCUT2D eigenvalue weighted by atomic mass is 10.1. The van der Waals surface area contributed by atoms with Crippen LogP contribution in [0, 0.1) is 6.92 Å². The highest BCUT2D eigenvalue weighted by Crippen LogP contribution is 2.23. The first-order chi connectivity index (χ1) is 11.6. The zero-order chi connectivity index (χ0) is 16.7. The summed E-state index contributed by atoms with van der Waals surface area (Å²) in [5.41, 5.74) is 4.06. The van der Waals surface area contributed by atoms with Crippen LogP contribution >= 0.6 is 12.2 Å². The molecule has 3 aromatic rings. The van der Waals surface area contributed by atoms with E-state index in [-0.39, 0.29) is 11.9 Å². The predicted octanol–water partition coefficient (Wildman–Crippen LogP) is 3.31. The number of fused-ring (bicyclic) bond motifs is 1. The van der Waals surface area contributed by atoms with Crippen molar-refractivity contribution in [2.24, 2.45) is 0 Å². The van der Waals surface area contributed by atoms with Crippen LogP contribution in [0.3, 0.4) is 0 Å². The molecule has 1 unspecified atom stereocenters. The summed E-state index contributed by atoms with van der Waals surface area (Å²) in [6.07, 6.45) is 0.579. The topological polar surface area (TPSA) is 48.1 Å². The molecule has 4 nitrogen and oxygen atoms in total. The number of nitrogens with one attached hydrogen (secondary N) is 2. The summed E-state index contributed by atoms with van der Waals surface area (Å²) >= 11 is 5.37. The van der Waals surface area contributed by atoms with Crippen LogP contribution in [0.2, 0.25) is 0 Å². The fourth-order valence-electron chi connectivity index (χ4n) is 3.07. The van der Waals surface area contributed by atoms with Gasteiger partial charge in [0, 0.05) is 17.6 Å². The summed E-state index contributed by atoms with van der Waals surface area (Å²) in [5.74, 6) is -0.0116. The largest absolute Gasteiger partial charge is 0.358 e. The van der Waals surface area contributed by atoms with Crippen LogP contribution in [0.4, 0.5) is 5.69 Å². The van der Waals surface area contributed by atoms with Gasteiger partial charge in [-0.05, 0) is 48.8 Å². The molecule has 0 bridgehead atoms. The van der Waals surface area contributed by atoms with Crippen molar-refractivity contribution in [1.82, 2.24) is 10.3 Å². The second-order valence-electron chi connectivity index (χ2n) is 6.10. The Bertz CT molecular complexity index is 896. The molecule has 0 spiro atoms. The number of H-pyrrole nitrogens is 1. The van der Waals surface area contributed by atoms with Crippen molar-refractivity contribution in [3.05, 3.63) is 65.9 Å². The molecule has 5 heteroatoms. The van der Waals surface area contributed by atoms with Gasteiger partial charge in [0.05, 0.1) is 5.69 Å². The molecule has 0 saturated carbocycles. The third-order valence-electron chi connectivity index (χ3n) is 4.32. The lowest BCUT2D eigenvalue weighted by Crippen LogP contribution is -2.32. The van der Waals surface area contributed by atoms with Gasteiger partial charge in [0.2, 0.25) is 0 Å². The Labute approximate surface area is 145 Å². The summed E-state index contributed by atoms with van der Waals surface area (Å²) in [5, 5.41) is 4.76. The minimum absolute atomic E-state index is 0.0116. The number of amides is 1. The predicted molar refractivity (Wildman–Crippen MR) is 100 cm³/mol. The van der Waals surface area contributed by atoms with Gasteiger partial charge in [0.25, 0.3) is 5.91 Å². The highest BCUT2D eigenvalue weighted by Gasteiger charge is 2.36. The first kappa shape index (κ1) is 14.9. The van der Waals surface area contributed by atoms with Crippen molar-refractivity contribution in [3.8, 4) is 0 Å². The van der Waals surface area contributed by atoms with Gasteiger partial charge in [-0.2, -0.15) is 0 Å². The molecule has 24 heavy (non-hydrogen) atoms. The molecule has 1 fully saturated rings. The number of aromatic nitrogens is 1. The standard InChI is InChI=1S/C19H17N3OS/c1-12-6-8-15(9-7-12)22-18(23)17(21-19(22)24)11-14-10-13-4-2-3-5-16(13)20-14/h2-10,17,20H,11H2,1H3,(H,21,24). The van der Waals surface area contributed by atoms with E-state index in [1.807, 2.05) is 49.4 Å². The minimum Gasteiger partial charge on any atom is -0.358 e. The van der Waals surface area contributed by atoms with E-state index >= 15 is 0 Å². The van der Waals surface area contributed by atoms with Gasteiger partial charge < -0.3 is 10.3 Å². The maximum Gasteiger partial charge on any atom is 0.256 e. The molecule has 0 radical (unpaired) electrons. The Morgan fingerprint density at radius 2 is 1.88 bits per heavy atom. The van der Waals surface area contributed by atoms with Crippen LogP contribution < -0.4 is 10.2 Å². The molecular weight excluding hydrogens is 318 g/mol. The Hall–Kier alpha value is -2.66. The molecule has 1 aliphatic rings. The van der Waals surface area contributed by atoms with E-state index in [9.17, 15) is 4.79 Å². The molecule has 1 amide bonds. The number of aromatic amines is 1. The zero-order valence-electron chi connectivity index (χ0n) is 13.2. The highest BCUT2D eigenvalue weighted by molar-refractivity contribution is 7.80. The fourth-order valence-corrected chi connectivity index (χ4v) is 3.41. The van der Waals surface area contributed by atoms with Crippen LogP contribution in [0.5, 0.6) is 0 Å². The average Bonchev–Trinajstić information content (AvgIpc) is 3.09. The second-order valence-corrected chi connectivity index (χ2v) is 6.48. The molecule has 4 rings (SSSR count). The molecule has 1 aliphatic heterocycles.